The van der Waals surface area contributed by atoms with Crippen LogP contribution < -0.4 is 10.4 Å². The number of hydrogen-bond donors (Lipinski definition) is 2. The maximum Gasteiger partial charge on any atom is 0.489 e. The summed E-state index contributed by atoms with van der Waals surface area (Å²) in [4.78, 5) is 2.23. The van der Waals surface area contributed by atoms with E-state index in [2.05, 4.69) is 47.4 Å². The predicted octanol–water partition coefficient (Wildman–Crippen LogP) is 5.20. The van der Waals surface area contributed by atoms with E-state index < -0.39 is 7.12 Å². The van der Waals surface area contributed by atoms with Gasteiger partial charge in [-0.2, -0.15) is 0 Å². The molecule has 0 radical (unpaired) electrons. The highest BCUT2D eigenvalue weighted by Crippen LogP contribution is 2.39. The summed E-state index contributed by atoms with van der Waals surface area (Å²) in [6, 6.07) is 32.6. The lowest BCUT2D eigenvalue weighted by molar-refractivity contribution is 0.426. The van der Waals surface area contributed by atoms with Gasteiger partial charge in [0.25, 0.3) is 0 Å². The van der Waals surface area contributed by atoms with Crippen molar-refractivity contribution in [2.24, 2.45) is 0 Å². The molecule has 3 nitrogen and oxygen atoms in total. The number of rotatable bonds is 4. The van der Waals surface area contributed by atoms with Gasteiger partial charge >= 0.3 is 7.12 Å². The fourth-order valence-electron chi connectivity index (χ4n) is 3.80. The second-order valence-electron chi connectivity index (χ2n) is 6.88. The van der Waals surface area contributed by atoms with Crippen LogP contribution in [0, 0.1) is 0 Å². The van der Waals surface area contributed by atoms with Crippen molar-refractivity contribution in [2.45, 2.75) is 0 Å². The first-order chi connectivity index (χ1) is 14.2. The molecule has 0 atom stereocenters. The second-order valence-corrected chi connectivity index (χ2v) is 7.97. The molecule has 2 N–H and O–H groups in total. The lowest BCUT2D eigenvalue weighted by Crippen LogP contribution is -2.30. The van der Waals surface area contributed by atoms with E-state index in [0.29, 0.717) is 5.46 Å². The van der Waals surface area contributed by atoms with Crippen LogP contribution in [0.15, 0.2) is 97.1 Å². The molecular weight excluding hydrogens is 377 g/mol. The summed E-state index contributed by atoms with van der Waals surface area (Å²) in [6.45, 7) is 0. The molecule has 0 fully saturated rings. The molecule has 0 aliphatic heterocycles. The SMILES string of the molecule is OB(O)c1cccc2sc3cc(N(c4ccccc4)c4ccccc4)ccc3c12. The Bertz CT molecular complexity index is 1250. The van der Waals surface area contributed by atoms with Crippen LogP contribution in [0.1, 0.15) is 0 Å². The summed E-state index contributed by atoms with van der Waals surface area (Å²) < 4.78 is 2.16. The molecule has 140 valence electrons. The molecule has 1 aromatic heterocycles. The van der Waals surface area contributed by atoms with Crippen LogP contribution in [0.3, 0.4) is 0 Å². The Kier molecular flexibility index (Phi) is 4.56. The first-order valence-electron chi connectivity index (χ1n) is 9.44. The normalized spacial score (nSPS) is 11.1. The molecular formula is C24H18BNO2S. The van der Waals surface area contributed by atoms with Crippen LogP contribution in [0.25, 0.3) is 20.2 Å². The molecule has 5 heteroatoms. The van der Waals surface area contributed by atoms with E-state index in [0.717, 1.165) is 37.2 Å². The first kappa shape index (κ1) is 17.9. The number of fused-ring (bicyclic) bond motifs is 3. The summed E-state index contributed by atoms with van der Waals surface area (Å²) in [7, 11) is -1.48. The van der Waals surface area contributed by atoms with Gasteiger partial charge in [-0.15, -0.1) is 11.3 Å². The summed E-state index contributed by atoms with van der Waals surface area (Å²) in [6.07, 6.45) is 0. The molecule has 0 aliphatic carbocycles. The van der Waals surface area contributed by atoms with Crippen LogP contribution in [0.5, 0.6) is 0 Å². The Hall–Kier alpha value is -3.12. The Morgan fingerprint density at radius 1 is 0.621 bits per heavy atom. The minimum atomic E-state index is -1.48. The smallest absolute Gasteiger partial charge is 0.423 e. The van der Waals surface area contributed by atoms with Crippen molar-refractivity contribution in [1.29, 1.82) is 0 Å². The van der Waals surface area contributed by atoms with Gasteiger partial charge in [0, 0.05) is 37.2 Å². The summed E-state index contributed by atoms with van der Waals surface area (Å²) in [5, 5.41) is 21.5. The van der Waals surface area contributed by atoms with E-state index in [1.807, 2.05) is 48.5 Å². The molecule has 0 aliphatic rings. The molecule has 4 aromatic carbocycles. The Morgan fingerprint density at radius 3 is 1.90 bits per heavy atom. The average Bonchev–Trinajstić information content (AvgIpc) is 3.13. The van der Waals surface area contributed by atoms with Crippen LogP contribution >= 0.6 is 11.3 Å². The van der Waals surface area contributed by atoms with Crippen molar-refractivity contribution in [3.8, 4) is 0 Å². The number of benzene rings is 4. The lowest BCUT2D eigenvalue weighted by Gasteiger charge is -2.25. The molecule has 0 unspecified atom stereocenters. The van der Waals surface area contributed by atoms with Gasteiger partial charge in [-0.1, -0.05) is 54.6 Å². The topological polar surface area (TPSA) is 43.7 Å². The fourth-order valence-corrected chi connectivity index (χ4v) is 4.97. The highest BCUT2D eigenvalue weighted by Gasteiger charge is 2.19. The lowest BCUT2D eigenvalue weighted by atomic mass is 9.77. The Labute approximate surface area is 173 Å². The third-order valence-corrected chi connectivity index (χ3v) is 6.20. The third kappa shape index (κ3) is 3.19. The summed E-state index contributed by atoms with van der Waals surface area (Å²) >= 11 is 1.67. The van der Waals surface area contributed by atoms with Crippen LogP contribution in [-0.2, 0) is 0 Å². The minimum Gasteiger partial charge on any atom is -0.423 e. The number of anilines is 3. The largest absolute Gasteiger partial charge is 0.489 e. The molecule has 29 heavy (non-hydrogen) atoms. The maximum atomic E-state index is 9.79. The van der Waals surface area contributed by atoms with Crippen molar-refractivity contribution in [3.63, 3.8) is 0 Å². The van der Waals surface area contributed by atoms with Gasteiger partial charge in [0.1, 0.15) is 0 Å². The van der Waals surface area contributed by atoms with Gasteiger partial charge in [0.15, 0.2) is 0 Å². The number of nitrogens with zero attached hydrogens (tertiary/aromatic N) is 1. The Morgan fingerprint density at radius 2 is 1.28 bits per heavy atom. The van der Waals surface area contributed by atoms with Crippen molar-refractivity contribution in [2.75, 3.05) is 4.90 Å². The Balaban J connectivity index is 1.72. The van der Waals surface area contributed by atoms with Crippen LogP contribution in [0.4, 0.5) is 17.1 Å². The van der Waals surface area contributed by atoms with E-state index in [4.69, 9.17) is 0 Å². The highest BCUT2D eigenvalue weighted by molar-refractivity contribution is 7.26. The first-order valence-corrected chi connectivity index (χ1v) is 10.3. The van der Waals surface area contributed by atoms with E-state index in [1.165, 1.54) is 0 Å². The van der Waals surface area contributed by atoms with Gasteiger partial charge in [-0.25, -0.2) is 0 Å². The van der Waals surface area contributed by atoms with Gasteiger partial charge in [0.2, 0.25) is 0 Å². The zero-order chi connectivity index (χ0) is 19.8. The van der Waals surface area contributed by atoms with Crippen LogP contribution in [-0.4, -0.2) is 17.2 Å². The molecule has 0 bridgehead atoms. The molecule has 1 heterocycles. The monoisotopic (exact) mass is 395 g/mol. The quantitative estimate of drug-likeness (QED) is 0.411. The average molecular weight is 395 g/mol. The highest BCUT2D eigenvalue weighted by atomic mass is 32.1. The molecule has 0 saturated carbocycles. The number of para-hydroxylation sites is 2. The minimum absolute atomic E-state index is 0.546. The summed E-state index contributed by atoms with van der Waals surface area (Å²) in [5.74, 6) is 0. The number of hydrogen-bond acceptors (Lipinski definition) is 4. The molecule has 0 spiro atoms. The van der Waals surface area contributed by atoms with Gasteiger partial charge < -0.3 is 14.9 Å². The van der Waals surface area contributed by atoms with Crippen molar-refractivity contribution in [1.82, 2.24) is 0 Å². The van der Waals surface area contributed by atoms with Gasteiger partial charge in [0.05, 0.1) is 0 Å². The van der Waals surface area contributed by atoms with Crippen LogP contribution in [0.2, 0.25) is 0 Å². The van der Waals surface area contributed by atoms with E-state index in [-0.39, 0.29) is 0 Å². The standard InChI is InChI=1S/C24H18BNO2S/c27-25(28)21-12-7-13-22-24(21)20-15-14-19(16-23(20)29-22)26(17-8-3-1-4-9-17)18-10-5-2-6-11-18/h1-16,27-28H. The van der Waals surface area contributed by atoms with Crippen molar-refractivity contribution in [3.05, 3.63) is 97.1 Å². The predicted molar refractivity (Wildman–Crippen MR) is 124 cm³/mol. The van der Waals surface area contributed by atoms with Crippen molar-refractivity contribution < 1.29 is 10.0 Å². The number of thiophene rings is 1. The maximum absolute atomic E-state index is 9.79. The molecule has 0 amide bonds. The van der Waals surface area contributed by atoms with E-state index in [9.17, 15) is 10.0 Å². The second kappa shape index (κ2) is 7.37. The van der Waals surface area contributed by atoms with E-state index >= 15 is 0 Å². The van der Waals surface area contributed by atoms with E-state index in [1.54, 1.807) is 17.4 Å². The van der Waals surface area contributed by atoms with Gasteiger partial charge in [-0.3, -0.25) is 0 Å². The molecule has 5 rings (SSSR count). The fraction of sp³-hybridized carbons (Fsp3) is 0. The molecule has 5 aromatic rings. The summed E-state index contributed by atoms with van der Waals surface area (Å²) in [5.41, 5.74) is 3.79. The zero-order valence-corrected chi connectivity index (χ0v) is 16.4. The molecule has 0 saturated heterocycles. The van der Waals surface area contributed by atoms with Gasteiger partial charge in [-0.05, 0) is 47.9 Å². The third-order valence-electron chi connectivity index (χ3n) is 5.08. The van der Waals surface area contributed by atoms with Crippen molar-refractivity contribution >= 4 is 61.2 Å². The zero-order valence-electron chi connectivity index (χ0n) is 15.6.